The highest BCUT2D eigenvalue weighted by Gasteiger charge is 2.19. The molecule has 8 heteroatoms. The van der Waals surface area contributed by atoms with Crippen molar-refractivity contribution in [1.82, 2.24) is 0 Å². The molecule has 2 rings (SSSR count). The van der Waals surface area contributed by atoms with E-state index in [0.717, 1.165) is 0 Å². The molecule has 0 amide bonds. The van der Waals surface area contributed by atoms with Crippen molar-refractivity contribution in [2.75, 3.05) is 0 Å². The van der Waals surface area contributed by atoms with Crippen LogP contribution in [0.1, 0.15) is 11.1 Å². The summed E-state index contributed by atoms with van der Waals surface area (Å²) in [5, 5.41) is 20.5. The molecule has 112 valence electrons. The van der Waals surface area contributed by atoms with Crippen LogP contribution in [0.3, 0.4) is 0 Å². The number of phenols is 2. The van der Waals surface area contributed by atoms with Crippen molar-refractivity contribution < 1.29 is 10.2 Å². The van der Waals surface area contributed by atoms with E-state index in [9.17, 15) is 10.2 Å². The van der Waals surface area contributed by atoms with Crippen molar-refractivity contribution >= 4 is 69.6 Å². The molecule has 21 heavy (non-hydrogen) atoms. The fourth-order valence-corrected chi connectivity index (χ4v) is 3.11. The third-order valence-corrected chi connectivity index (χ3v) is 5.19. The van der Waals surface area contributed by atoms with Gasteiger partial charge in [0.15, 0.2) is 0 Å². The Morgan fingerprint density at radius 3 is 1.86 bits per heavy atom. The number of phenolic OH excluding ortho intramolecular Hbond substituents is 2. The maximum atomic E-state index is 10.0. The molecule has 0 radical (unpaired) electrons. The summed E-state index contributed by atoms with van der Waals surface area (Å²) in [4.78, 5) is 0. The molecule has 0 bridgehead atoms. The highest BCUT2D eigenvalue weighted by Crippen LogP contribution is 2.44. The average Bonchev–Trinajstić information content (AvgIpc) is 2.44. The lowest BCUT2D eigenvalue weighted by molar-refractivity contribution is 0.463. The molecule has 0 fully saturated rings. The first-order valence-corrected chi connectivity index (χ1v) is 7.71. The third-order valence-electron chi connectivity index (χ3n) is 2.82. The molecule has 0 saturated heterocycles. The minimum atomic E-state index is -0.252. The summed E-state index contributed by atoms with van der Waals surface area (Å²) in [6.07, 6.45) is 0.0212. The van der Waals surface area contributed by atoms with E-state index in [1.807, 2.05) is 0 Å². The maximum Gasteiger partial charge on any atom is 0.139 e. The zero-order valence-corrected chi connectivity index (χ0v) is 14.6. The van der Waals surface area contributed by atoms with E-state index < -0.39 is 0 Å². The van der Waals surface area contributed by atoms with Gasteiger partial charge in [-0.3, -0.25) is 0 Å². The Kier molecular flexibility index (Phi) is 5.30. The van der Waals surface area contributed by atoms with Crippen LogP contribution >= 0.6 is 69.6 Å². The van der Waals surface area contributed by atoms with Gasteiger partial charge in [0.2, 0.25) is 0 Å². The molecule has 0 aliphatic carbocycles. The Morgan fingerprint density at radius 2 is 1.24 bits per heavy atom. The molecule has 0 aliphatic rings. The lowest BCUT2D eigenvalue weighted by atomic mass is 10.0. The molecule has 2 nitrogen and oxygen atoms in total. The first kappa shape index (κ1) is 17.1. The van der Waals surface area contributed by atoms with Gasteiger partial charge in [0.25, 0.3) is 0 Å². The number of hydrogen-bond donors (Lipinski definition) is 2. The number of hydrogen-bond acceptors (Lipinski definition) is 2. The third kappa shape index (κ3) is 3.26. The van der Waals surface area contributed by atoms with Gasteiger partial charge in [0.1, 0.15) is 16.5 Å². The molecule has 0 spiro atoms. The topological polar surface area (TPSA) is 40.5 Å². The van der Waals surface area contributed by atoms with Gasteiger partial charge in [0.05, 0.1) is 25.1 Å². The van der Waals surface area contributed by atoms with Crippen LogP contribution in [-0.4, -0.2) is 10.2 Å². The fourth-order valence-electron chi connectivity index (χ4n) is 1.76. The minimum absolute atomic E-state index is 0.0212. The molecular weight excluding hydrogens is 401 g/mol. The summed E-state index contributed by atoms with van der Waals surface area (Å²) >= 11 is 35.5. The molecular formula is C13H6Cl6O2. The Bertz CT molecular complexity index is 703. The minimum Gasteiger partial charge on any atom is -0.506 e. The van der Waals surface area contributed by atoms with Crippen LogP contribution in [0.4, 0.5) is 0 Å². The second-order valence-corrected chi connectivity index (χ2v) is 6.51. The van der Waals surface area contributed by atoms with Crippen LogP contribution in [0.25, 0.3) is 0 Å². The molecule has 0 unspecified atom stereocenters. The van der Waals surface area contributed by atoms with Crippen LogP contribution in [0, 0.1) is 0 Å². The Balaban J connectivity index is 2.59. The molecule has 0 saturated carbocycles. The average molecular weight is 407 g/mol. The van der Waals surface area contributed by atoms with Crippen molar-refractivity contribution in [3.05, 3.63) is 53.4 Å². The van der Waals surface area contributed by atoms with E-state index in [4.69, 9.17) is 69.6 Å². The van der Waals surface area contributed by atoms with Crippen molar-refractivity contribution in [2.24, 2.45) is 0 Å². The molecule has 0 heterocycles. The van der Waals surface area contributed by atoms with Gasteiger partial charge in [0, 0.05) is 17.5 Å². The predicted molar refractivity (Wildman–Crippen MR) is 89.1 cm³/mol. The van der Waals surface area contributed by atoms with Gasteiger partial charge in [-0.05, 0) is 12.1 Å². The number of halogens is 6. The van der Waals surface area contributed by atoms with Crippen LogP contribution < -0.4 is 0 Å². The van der Waals surface area contributed by atoms with E-state index in [1.165, 1.54) is 12.1 Å². The normalized spacial score (nSPS) is 11.0. The highest BCUT2D eigenvalue weighted by molar-refractivity contribution is 6.48. The number of benzene rings is 2. The van der Waals surface area contributed by atoms with E-state index in [2.05, 4.69) is 0 Å². The van der Waals surface area contributed by atoms with E-state index in [-0.39, 0.29) is 53.6 Å². The molecule has 2 aromatic rings. The zero-order valence-electron chi connectivity index (χ0n) is 10.0. The summed E-state index contributed by atoms with van der Waals surface area (Å²) in [5.74, 6) is -0.481. The van der Waals surface area contributed by atoms with Gasteiger partial charge < -0.3 is 10.2 Å². The van der Waals surface area contributed by atoms with Crippen molar-refractivity contribution in [3.8, 4) is 11.5 Å². The van der Waals surface area contributed by atoms with E-state index in [1.54, 1.807) is 0 Å². The molecule has 2 N–H and O–H groups in total. The van der Waals surface area contributed by atoms with E-state index >= 15 is 0 Å². The van der Waals surface area contributed by atoms with Crippen LogP contribution in [-0.2, 0) is 6.42 Å². The summed E-state index contributed by atoms with van der Waals surface area (Å²) in [6, 6.07) is 2.75. The largest absolute Gasteiger partial charge is 0.506 e. The number of rotatable bonds is 2. The summed E-state index contributed by atoms with van der Waals surface area (Å²) < 4.78 is 0. The Labute approximate surface area is 150 Å². The first-order valence-electron chi connectivity index (χ1n) is 5.44. The fraction of sp³-hybridized carbons (Fsp3) is 0.0769. The van der Waals surface area contributed by atoms with Gasteiger partial charge in [-0.15, -0.1) is 0 Å². The standard InChI is InChI=1S/C13H6Cl6O2/c14-6-2-4(12(20)11(19)10(6)18)1-5-9(17)7(15)3-8(16)13(5)21/h2-3,20-21H,1H2. The SMILES string of the molecule is Oc1c(Cc2c(O)c(Cl)cc(Cl)c2Cl)cc(Cl)c(Cl)c1Cl. The molecule has 2 aromatic carbocycles. The molecule has 0 atom stereocenters. The van der Waals surface area contributed by atoms with Crippen molar-refractivity contribution in [2.45, 2.75) is 6.42 Å². The lowest BCUT2D eigenvalue weighted by Crippen LogP contribution is -1.94. The van der Waals surface area contributed by atoms with Crippen molar-refractivity contribution in [3.63, 3.8) is 0 Å². The summed E-state index contributed by atoms with van der Waals surface area (Å²) in [6.45, 7) is 0. The smallest absolute Gasteiger partial charge is 0.139 e. The summed E-state index contributed by atoms with van der Waals surface area (Å²) in [5.41, 5.74) is 0.573. The Hall–Kier alpha value is -0.220. The predicted octanol–water partition coefficient (Wildman–Crippen LogP) is 6.61. The van der Waals surface area contributed by atoms with E-state index in [0.29, 0.717) is 5.56 Å². The molecule has 0 aliphatic heterocycles. The Morgan fingerprint density at radius 1 is 0.667 bits per heavy atom. The first-order chi connectivity index (χ1) is 9.73. The van der Waals surface area contributed by atoms with Gasteiger partial charge in [-0.25, -0.2) is 0 Å². The van der Waals surface area contributed by atoms with Gasteiger partial charge in [-0.1, -0.05) is 69.6 Å². The van der Waals surface area contributed by atoms with Crippen molar-refractivity contribution in [1.29, 1.82) is 0 Å². The second kappa shape index (κ2) is 6.49. The molecule has 0 aromatic heterocycles. The number of aromatic hydroxyl groups is 2. The van der Waals surface area contributed by atoms with Crippen LogP contribution in [0.2, 0.25) is 30.1 Å². The van der Waals surface area contributed by atoms with Gasteiger partial charge in [-0.2, -0.15) is 0 Å². The van der Waals surface area contributed by atoms with Gasteiger partial charge >= 0.3 is 0 Å². The van der Waals surface area contributed by atoms with Crippen LogP contribution in [0.5, 0.6) is 11.5 Å². The van der Waals surface area contributed by atoms with Crippen LogP contribution in [0.15, 0.2) is 12.1 Å². The highest BCUT2D eigenvalue weighted by atomic mass is 35.5. The zero-order chi connectivity index (χ0) is 15.9. The monoisotopic (exact) mass is 404 g/mol. The second-order valence-electron chi connectivity index (χ2n) is 4.15. The summed E-state index contributed by atoms with van der Waals surface area (Å²) in [7, 11) is 0. The quantitative estimate of drug-likeness (QED) is 0.435. The maximum absolute atomic E-state index is 10.0. The lowest BCUT2D eigenvalue weighted by Gasteiger charge is -2.13.